The van der Waals surface area contributed by atoms with Crippen molar-refractivity contribution in [3.8, 4) is 0 Å². The molecule has 0 amide bonds. The lowest BCUT2D eigenvalue weighted by molar-refractivity contribution is 0.248. The number of hydrogen-bond donors (Lipinski definition) is 2. The minimum Gasteiger partial charge on any atom is -0.271 e. The quantitative estimate of drug-likeness (QED) is 0.647. The Labute approximate surface area is 114 Å². The van der Waals surface area contributed by atoms with Crippen LogP contribution in [0.3, 0.4) is 0 Å². The second-order valence-electron chi connectivity index (χ2n) is 6.39. The zero-order valence-electron chi connectivity index (χ0n) is 11.5. The smallest absolute Gasteiger partial charge is 0.123 e. The lowest BCUT2D eigenvalue weighted by Crippen LogP contribution is -2.44. The monoisotopic (exact) mass is 262 g/mol. The minimum absolute atomic E-state index is 0.154. The molecule has 2 bridgehead atoms. The summed E-state index contributed by atoms with van der Waals surface area (Å²) in [6, 6.07) is 5.40. The van der Waals surface area contributed by atoms with E-state index in [0.29, 0.717) is 12.0 Å². The number of halogens is 1. The van der Waals surface area contributed by atoms with Gasteiger partial charge in [-0.3, -0.25) is 11.3 Å². The molecule has 104 valence electrons. The SMILES string of the molecule is Cc1cc(F)ccc1CC(NN)C1CC2CCC1C2. The molecule has 0 spiro atoms. The molecule has 19 heavy (non-hydrogen) atoms. The van der Waals surface area contributed by atoms with Gasteiger partial charge in [0.1, 0.15) is 5.82 Å². The molecule has 0 aliphatic heterocycles. The van der Waals surface area contributed by atoms with Crippen LogP contribution in [-0.4, -0.2) is 6.04 Å². The molecule has 3 heteroatoms. The van der Waals surface area contributed by atoms with Gasteiger partial charge in [-0.05, 0) is 73.6 Å². The first-order valence-electron chi connectivity index (χ1n) is 7.38. The summed E-state index contributed by atoms with van der Waals surface area (Å²) in [5, 5.41) is 0. The van der Waals surface area contributed by atoms with Crippen molar-refractivity contribution in [1.82, 2.24) is 5.43 Å². The van der Waals surface area contributed by atoms with E-state index in [1.165, 1.54) is 31.2 Å². The molecule has 2 aliphatic rings. The Morgan fingerprint density at radius 3 is 2.79 bits per heavy atom. The lowest BCUT2D eigenvalue weighted by Gasteiger charge is -2.30. The third-order valence-corrected chi connectivity index (χ3v) is 5.27. The van der Waals surface area contributed by atoms with Crippen LogP contribution in [-0.2, 0) is 6.42 Å². The van der Waals surface area contributed by atoms with Gasteiger partial charge < -0.3 is 0 Å². The maximum absolute atomic E-state index is 13.1. The van der Waals surface area contributed by atoms with Crippen LogP contribution in [0.15, 0.2) is 18.2 Å². The number of fused-ring (bicyclic) bond motifs is 2. The molecule has 4 unspecified atom stereocenters. The molecular weight excluding hydrogens is 239 g/mol. The van der Waals surface area contributed by atoms with Crippen LogP contribution in [0.5, 0.6) is 0 Å². The molecule has 2 saturated carbocycles. The van der Waals surface area contributed by atoms with E-state index in [1.807, 2.05) is 13.0 Å². The summed E-state index contributed by atoms with van der Waals surface area (Å²) < 4.78 is 13.1. The Morgan fingerprint density at radius 2 is 2.21 bits per heavy atom. The first-order valence-corrected chi connectivity index (χ1v) is 7.38. The van der Waals surface area contributed by atoms with Crippen LogP contribution in [0.1, 0.15) is 36.8 Å². The highest BCUT2D eigenvalue weighted by Gasteiger charge is 2.42. The van der Waals surface area contributed by atoms with Gasteiger partial charge in [-0.2, -0.15) is 0 Å². The minimum atomic E-state index is -0.154. The van der Waals surface area contributed by atoms with E-state index in [2.05, 4.69) is 5.43 Å². The Hall–Kier alpha value is -0.930. The van der Waals surface area contributed by atoms with Crippen molar-refractivity contribution in [2.24, 2.45) is 23.6 Å². The largest absolute Gasteiger partial charge is 0.271 e. The van der Waals surface area contributed by atoms with Crippen molar-refractivity contribution in [2.75, 3.05) is 0 Å². The number of nitrogens with two attached hydrogens (primary N) is 1. The van der Waals surface area contributed by atoms with Gasteiger partial charge in [-0.15, -0.1) is 0 Å². The Balaban J connectivity index is 1.73. The van der Waals surface area contributed by atoms with Crippen LogP contribution < -0.4 is 11.3 Å². The van der Waals surface area contributed by atoms with Gasteiger partial charge in [0.15, 0.2) is 0 Å². The summed E-state index contributed by atoms with van der Waals surface area (Å²) in [4.78, 5) is 0. The van der Waals surface area contributed by atoms with Crippen LogP contribution >= 0.6 is 0 Å². The van der Waals surface area contributed by atoms with E-state index in [1.54, 1.807) is 12.1 Å². The second-order valence-corrected chi connectivity index (χ2v) is 6.39. The molecule has 0 radical (unpaired) electrons. The Bertz CT molecular complexity index is 460. The van der Waals surface area contributed by atoms with Gasteiger partial charge in [0.05, 0.1) is 0 Å². The van der Waals surface area contributed by atoms with Gasteiger partial charge in [0.2, 0.25) is 0 Å². The van der Waals surface area contributed by atoms with Crippen molar-refractivity contribution in [2.45, 2.75) is 45.1 Å². The first-order chi connectivity index (χ1) is 9.17. The van der Waals surface area contributed by atoms with Crippen LogP contribution in [0, 0.1) is 30.5 Å². The molecule has 0 heterocycles. The van der Waals surface area contributed by atoms with Crippen molar-refractivity contribution in [3.05, 3.63) is 35.1 Å². The molecule has 1 aromatic carbocycles. The molecule has 2 nitrogen and oxygen atoms in total. The van der Waals surface area contributed by atoms with Crippen LogP contribution in [0.2, 0.25) is 0 Å². The van der Waals surface area contributed by atoms with Gasteiger partial charge in [-0.1, -0.05) is 12.5 Å². The average molecular weight is 262 g/mol. The zero-order chi connectivity index (χ0) is 13.4. The van der Waals surface area contributed by atoms with E-state index in [4.69, 9.17) is 5.84 Å². The van der Waals surface area contributed by atoms with Crippen molar-refractivity contribution >= 4 is 0 Å². The topological polar surface area (TPSA) is 38.0 Å². The van der Waals surface area contributed by atoms with Gasteiger partial charge in [-0.25, -0.2) is 4.39 Å². The molecular formula is C16H23FN2. The normalized spacial score (nSPS) is 30.8. The van der Waals surface area contributed by atoms with Crippen molar-refractivity contribution < 1.29 is 4.39 Å². The standard InChI is InChI=1S/C16H23FN2/c1-10-6-14(17)5-4-12(10)9-16(19-18)15-8-11-2-3-13(15)7-11/h4-6,11,13,15-16,19H,2-3,7-9,18H2,1H3. The zero-order valence-corrected chi connectivity index (χ0v) is 11.5. The summed E-state index contributed by atoms with van der Waals surface area (Å²) in [6.45, 7) is 1.98. The van der Waals surface area contributed by atoms with E-state index in [9.17, 15) is 4.39 Å². The fourth-order valence-electron chi connectivity index (χ4n) is 4.25. The number of benzene rings is 1. The third kappa shape index (κ3) is 2.54. The highest BCUT2D eigenvalue weighted by molar-refractivity contribution is 5.27. The Kier molecular flexibility index (Phi) is 3.59. The predicted octanol–water partition coefficient (Wildman–Crippen LogP) is 2.94. The highest BCUT2D eigenvalue weighted by Crippen LogP contribution is 2.49. The molecule has 3 rings (SSSR count). The van der Waals surface area contributed by atoms with E-state index >= 15 is 0 Å². The fraction of sp³-hybridized carbons (Fsp3) is 0.625. The molecule has 4 atom stereocenters. The summed E-state index contributed by atoms with van der Waals surface area (Å²) in [5.74, 6) is 8.12. The molecule has 2 fully saturated rings. The maximum atomic E-state index is 13.1. The van der Waals surface area contributed by atoms with Gasteiger partial charge in [0, 0.05) is 6.04 Å². The van der Waals surface area contributed by atoms with Crippen LogP contribution in [0.4, 0.5) is 4.39 Å². The molecule has 2 aliphatic carbocycles. The predicted molar refractivity (Wildman–Crippen MR) is 74.9 cm³/mol. The number of aryl methyl sites for hydroxylation is 1. The number of hydrazine groups is 1. The third-order valence-electron chi connectivity index (χ3n) is 5.27. The maximum Gasteiger partial charge on any atom is 0.123 e. The van der Waals surface area contributed by atoms with Crippen LogP contribution in [0.25, 0.3) is 0 Å². The fourth-order valence-corrected chi connectivity index (χ4v) is 4.25. The highest BCUT2D eigenvalue weighted by atomic mass is 19.1. The average Bonchev–Trinajstić information content (AvgIpc) is 3.00. The molecule has 1 aromatic rings. The van der Waals surface area contributed by atoms with E-state index in [0.717, 1.165) is 23.8 Å². The second kappa shape index (κ2) is 5.22. The van der Waals surface area contributed by atoms with Crippen molar-refractivity contribution in [1.29, 1.82) is 0 Å². The van der Waals surface area contributed by atoms with E-state index < -0.39 is 0 Å². The van der Waals surface area contributed by atoms with Crippen molar-refractivity contribution in [3.63, 3.8) is 0 Å². The number of nitrogens with one attached hydrogen (secondary N) is 1. The lowest BCUT2D eigenvalue weighted by atomic mass is 9.81. The van der Waals surface area contributed by atoms with Gasteiger partial charge >= 0.3 is 0 Å². The van der Waals surface area contributed by atoms with Gasteiger partial charge in [0.25, 0.3) is 0 Å². The van der Waals surface area contributed by atoms with E-state index in [-0.39, 0.29) is 5.82 Å². The molecule has 0 saturated heterocycles. The summed E-state index contributed by atoms with van der Waals surface area (Å²) in [5.41, 5.74) is 5.27. The Morgan fingerprint density at radius 1 is 1.37 bits per heavy atom. The summed E-state index contributed by atoms with van der Waals surface area (Å²) >= 11 is 0. The molecule has 0 aromatic heterocycles. The summed E-state index contributed by atoms with van der Waals surface area (Å²) in [6.07, 6.45) is 6.41. The first kappa shape index (κ1) is 13.1. The molecule has 3 N–H and O–H groups in total. The summed E-state index contributed by atoms with van der Waals surface area (Å²) in [7, 11) is 0. The number of rotatable bonds is 4. The number of hydrogen-bond acceptors (Lipinski definition) is 2.